The van der Waals surface area contributed by atoms with Crippen LogP contribution in [-0.4, -0.2) is 45.1 Å². The molecule has 1 aliphatic rings. The van der Waals surface area contributed by atoms with E-state index in [1.807, 2.05) is 31.2 Å². The van der Waals surface area contributed by atoms with Crippen LogP contribution in [0.3, 0.4) is 0 Å². The Kier molecular flexibility index (Phi) is 10.8. The van der Waals surface area contributed by atoms with Crippen LogP contribution in [0.15, 0.2) is 47.5 Å². The molecule has 0 unspecified atom stereocenters. The van der Waals surface area contributed by atoms with Gasteiger partial charge in [-0.15, -0.1) is 0 Å². The molecule has 9 heteroatoms. The highest BCUT2D eigenvalue weighted by atomic mass is 16.5. The summed E-state index contributed by atoms with van der Waals surface area (Å²) in [5.74, 6) is 1.61. The molecule has 0 bridgehead atoms. The summed E-state index contributed by atoms with van der Waals surface area (Å²) in [6.45, 7) is 1.92. The van der Waals surface area contributed by atoms with E-state index in [-0.39, 0.29) is 30.2 Å². The van der Waals surface area contributed by atoms with E-state index in [0.717, 1.165) is 42.6 Å². The zero-order valence-electron chi connectivity index (χ0n) is 22.8. The van der Waals surface area contributed by atoms with Gasteiger partial charge in [-0.3, -0.25) is 14.9 Å². The molecule has 206 valence electrons. The van der Waals surface area contributed by atoms with Gasteiger partial charge >= 0.3 is 0 Å². The lowest BCUT2D eigenvalue weighted by atomic mass is 9.84. The Morgan fingerprint density at radius 2 is 1.74 bits per heavy atom. The minimum absolute atomic E-state index is 0.0690. The van der Waals surface area contributed by atoms with Gasteiger partial charge in [-0.05, 0) is 54.7 Å². The van der Waals surface area contributed by atoms with Crippen LogP contribution in [0.2, 0.25) is 0 Å². The first-order valence-corrected chi connectivity index (χ1v) is 13.1. The highest BCUT2D eigenvalue weighted by Gasteiger charge is 2.26. The third-order valence-electron chi connectivity index (χ3n) is 6.91. The lowest BCUT2D eigenvalue weighted by molar-refractivity contribution is -0.123. The smallest absolute Gasteiger partial charge is 0.245 e. The SMILES string of the molecule is COc1cccc([C@H](C)NC(=O)[C@@H](CC2CCCCC2)N=C(N)NC(=O)Cc2ccc(OC)c(OC)c2)c1. The molecule has 9 nitrogen and oxygen atoms in total. The van der Waals surface area contributed by atoms with Gasteiger partial charge in [-0.25, -0.2) is 4.99 Å². The molecule has 2 amide bonds. The number of nitrogens with two attached hydrogens (primary N) is 1. The molecule has 0 spiro atoms. The monoisotopic (exact) mass is 524 g/mol. The van der Waals surface area contributed by atoms with E-state index in [2.05, 4.69) is 15.6 Å². The Hall–Kier alpha value is -3.75. The van der Waals surface area contributed by atoms with Gasteiger partial charge in [0, 0.05) is 0 Å². The Balaban J connectivity index is 1.69. The van der Waals surface area contributed by atoms with Crippen LogP contribution in [0.25, 0.3) is 0 Å². The average Bonchev–Trinajstić information content (AvgIpc) is 2.92. The second-order valence-electron chi connectivity index (χ2n) is 9.69. The largest absolute Gasteiger partial charge is 0.497 e. The number of hydrogen-bond donors (Lipinski definition) is 3. The molecule has 2 atom stereocenters. The molecule has 1 fully saturated rings. The topological polar surface area (TPSA) is 124 Å². The Morgan fingerprint density at radius 3 is 2.42 bits per heavy atom. The predicted molar refractivity (Wildman–Crippen MR) is 148 cm³/mol. The molecule has 0 heterocycles. The summed E-state index contributed by atoms with van der Waals surface area (Å²) in [4.78, 5) is 30.5. The fourth-order valence-electron chi connectivity index (χ4n) is 4.82. The normalized spacial score (nSPS) is 15.7. The van der Waals surface area contributed by atoms with E-state index in [0.29, 0.717) is 23.8 Å². The number of nitrogens with zero attached hydrogens (tertiary/aromatic N) is 1. The molecule has 4 N–H and O–H groups in total. The van der Waals surface area contributed by atoms with Crippen molar-refractivity contribution < 1.29 is 23.8 Å². The van der Waals surface area contributed by atoms with Gasteiger partial charge < -0.3 is 25.3 Å². The number of aliphatic imine (C=N–C) groups is 1. The van der Waals surface area contributed by atoms with Gasteiger partial charge in [0.1, 0.15) is 11.8 Å². The second-order valence-corrected chi connectivity index (χ2v) is 9.69. The van der Waals surface area contributed by atoms with Gasteiger partial charge in [-0.1, -0.05) is 50.3 Å². The molecule has 2 aromatic rings. The quantitative estimate of drug-likeness (QED) is 0.303. The molecule has 0 radical (unpaired) electrons. The number of ether oxygens (including phenoxy) is 3. The number of nitrogens with one attached hydrogen (secondary N) is 2. The second kappa shape index (κ2) is 14.3. The third-order valence-corrected chi connectivity index (χ3v) is 6.91. The fraction of sp³-hybridized carbons (Fsp3) is 0.483. The third kappa shape index (κ3) is 8.39. The summed E-state index contributed by atoms with van der Waals surface area (Å²) >= 11 is 0. The van der Waals surface area contributed by atoms with Crippen LogP contribution >= 0.6 is 0 Å². The molecule has 0 saturated heterocycles. The summed E-state index contributed by atoms with van der Waals surface area (Å²) in [7, 11) is 4.71. The Labute approximate surface area is 225 Å². The average molecular weight is 525 g/mol. The summed E-state index contributed by atoms with van der Waals surface area (Å²) in [6.07, 6.45) is 6.32. The molecular weight excluding hydrogens is 484 g/mol. The lowest BCUT2D eigenvalue weighted by Gasteiger charge is -2.25. The zero-order chi connectivity index (χ0) is 27.5. The van der Waals surface area contributed by atoms with E-state index in [1.54, 1.807) is 39.5 Å². The van der Waals surface area contributed by atoms with Crippen LogP contribution < -0.4 is 30.6 Å². The van der Waals surface area contributed by atoms with E-state index in [4.69, 9.17) is 19.9 Å². The molecule has 3 rings (SSSR count). The minimum Gasteiger partial charge on any atom is -0.497 e. The van der Waals surface area contributed by atoms with Crippen molar-refractivity contribution in [2.75, 3.05) is 21.3 Å². The number of hydrogen-bond acceptors (Lipinski definition) is 6. The van der Waals surface area contributed by atoms with Crippen molar-refractivity contribution in [3.8, 4) is 17.2 Å². The van der Waals surface area contributed by atoms with Crippen LogP contribution in [0, 0.1) is 5.92 Å². The standard InChI is InChI=1S/C29H40N4O5/c1-19(22-11-8-12-23(18-22)36-2)31-28(35)24(15-20-9-6-5-7-10-20)32-29(30)33-27(34)17-21-13-14-25(37-3)26(16-21)38-4/h8,11-14,16,18-20,24H,5-7,9-10,15,17H2,1-4H3,(H,31,35)(H3,30,32,33,34)/t19-,24+/m0/s1. The summed E-state index contributed by atoms with van der Waals surface area (Å²) in [6, 6.07) is 11.9. The van der Waals surface area contributed by atoms with Crippen LogP contribution in [0.5, 0.6) is 17.2 Å². The molecule has 1 aliphatic carbocycles. The first kappa shape index (κ1) is 28.8. The molecule has 38 heavy (non-hydrogen) atoms. The van der Waals surface area contributed by atoms with E-state index < -0.39 is 6.04 Å². The maximum Gasteiger partial charge on any atom is 0.245 e. The van der Waals surface area contributed by atoms with Gasteiger partial charge in [-0.2, -0.15) is 0 Å². The Morgan fingerprint density at radius 1 is 1.00 bits per heavy atom. The number of guanidine groups is 1. The fourth-order valence-corrected chi connectivity index (χ4v) is 4.82. The molecular formula is C29H40N4O5. The van der Waals surface area contributed by atoms with E-state index >= 15 is 0 Å². The molecule has 0 aliphatic heterocycles. The summed E-state index contributed by atoms with van der Waals surface area (Å²) in [5, 5.41) is 5.70. The number of amides is 2. The number of carbonyl (C=O) groups is 2. The number of benzene rings is 2. The molecule has 0 aromatic heterocycles. The van der Waals surface area contributed by atoms with E-state index in [1.165, 1.54) is 6.42 Å². The maximum atomic E-state index is 13.4. The lowest BCUT2D eigenvalue weighted by Crippen LogP contribution is -2.42. The predicted octanol–water partition coefficient (Wildman–Crippen LogP) is 3.90. The number of carbonyl (C=O) groups excluding carboxylic acids is 2. The highest BCUT2D eigenvalue weighted by molar-refractivity contribution is 5.98. The maximum absolute atomic E-state index is 13.4. The first-order chi connectivity index (χ1) is 18.3. The van der Waals surface area contributed by atoms with Crippen LogP contribution in [0.1, 0.15) is 62.6 Å². The summed E-state index contributed by atoms with van der Waals surface area (Å²) < 4.78 is 15.9. The van der Waals surface area contributed by atoms with Gasteiger partial charge in [0.05, 0.1) is 33.8 Å². The van der Waals surface area contributed by atoms with Crippen molar-refractivity contribution in [2.45, 2.75) is 64.0 Å². The Bertz CT molecular complexity index is 1110. The van der Waals surface area contributed by atoms with Gasteiger partial charge in [0.2, 0.25) is 11.8 Å². The van der Waals surface area contributed by atoms with Gasteiger partial charge in [0.25, 0.3) is 0 Å². The van der Waals surface area contributed by atoms with Crippen molar-refractivity contribution in [1.29, 1.82) is 0 Å². The molecule has 1 saturated carbocycles. The molecule has 2 aromatic carbocycles. The van der Waals surface area contributed by atoms with Crippen molar-refractivity contribution in [3.63, 3.8) is 0 Å². The van der Waals surface area contributed by atoms with Crippen molar-refractivity contribution in [2.24, 2.45) is 16.6 Å². The van der Waals surface area contributed by atoms with Crippen LogP contribution in [0.4, 0.5) is 0 Å². The number of methoxy groups -OCH3 is 3. The van der Waals surface area contributed by atoms with Crippen molar-refractivity contribution in [1.82, 2.24) is 10.6 Å². The van der Waals surface area contributed by atoms with Crippen molar-refractivity contribution in [3.05, 3.63) is 53.6 Å². The van der Waals surface area contributed by atoms with Crippen LogP contribution in [-0.2, 0) is 16.0 Å². The highest BCUT2D eigenvalue weighted by Crippen LogP contribution is 2.29. The first-order valence-electron chi connectivity index (χ1n) is 13.1. The zero-order valence-corrected chi connectivity index (χ0v) is 22.8. The number of rotatable bonds is 11. The van der Waals surface area contributed by atoms with E-state index in [9.17, 15) is 9.59 Å². The summed E-state index contributed by atoms with van der Waals surface area (Å²) in [5.41, 5.74) is 7.79. The van der Waals surface area contributed by atoms with Crippen molar-refractivity contribution >= 4 is 17.8 Å². The minimum atomic E-state index is -0.701. The van der Waals surface area contributed by atoms with Gasteiger partial charge in [0.15, 0.2) is 17.5 Å².